The number of hydrogen-bond donors (Lipinski definition) is 1. The highest BCUT2D eigenvalue weighted by Crippen LogP contribution is 2.36. The van der Waals surface area contributed by atoms with Crippen molar-refractivity contribution in [3.05, 3.63) is 21.3 Å². The quantitative estimate of drug-likeness (QED) is 0.824. The summed E-state index contributed by atoms with van der Waals surface area (Å²) >= 11 is 7.23. The van der Waals surface area contributed by atoms with Gasteiger partial charge in [0, 0.05) is 0 Å². The molecule has 0 radical (unpaired) electrons. The summed E-state index contributed by atoms with van der Waals surface area (Å²) < 4.78 is 0. The lowest BCUT2D eigenvalue weighted by atomic mass is 9.77. The lowest BCUT2D eigenvalue weighted by Crippen LogP contribution is -2.41. The monoisotopic (exact) mass is 258 g/mol. The summed E-state index contributed by atoms with van der Waals surface area (Å²) in [5, 5.41) is 12.6. The molecule has 1 heterocycles. The molecule has 0 saturated heterocycles. The number of hydrogen-bond acceptors (Lipinski definition) is 3. The zero-order valence-electron chi connectivity index (χ0n) is 9.20. The van der Waals surface area contributed by atoms with E-state index >= 15 is 0 Å². The van der Waals surface area contributed by atoms with Gasteiger partial charge in [-0.15, -0.1) is 11.3 Å². The number of rotatable bonds is 2. The molecule has 1 aromatic rings. The molecule has 1 N–H and O–H groups in total. The van der Waals surface area contributed by atoms with Crippen molar-refractivity contribution in [3.63, 3.8) is 0 Å². The third kappa shape index (κ3) is 2.17. The second-order valence-corrected chi connectivity index (χ2v) is 5.96. The largest absolute Gasteiger partial charge is 0.382 e. The molecule has 2 nitrogen and oxygen atoms in total. The normalized spacial score (nSPS) is 30.3. The molecule has 1 aliphatic rings. The molecule has 1 aromatic heterocycles. The van der Waals surface area contributed by atoms with Gasteiger partial charge in [-0.2, -0.15) is 0 Å². The number of ketones is 1. The minimum Gasteiger partial charge on any atom is -0.382 e. The molecule has 1 aliphatic carbocycles. The molecule has 0 bridgehead atoms. The van der Waals surface area contributed by atoms with Gasteiger partial charge in [0.1, 0.15) is 5.60 Å². The molecule has 1 fully saturated rings. The average molecular weight is 259 g/mol. The molecule has 2 rings (SSSR count). The van der Waals surface area contributed by atoms with E-state index in [2.05, 4.69) is 6.92 Å². The van der Waals surface area contributed by atoms with Crippen LogP contribution >= 0.6 is 22.9 Å². The SMILES string of the molecule is CC1CCC(O)(C(=O)c2sccc2Cl)CC1. The fraction of sp³-hybridized carbons (Fsp3) is 0.583. The zero-order valence-corrected chi connectivity index (χ0v) is 10.8. The molecule has 88 valence electrons. The van der Waals surface area contributed by atoms with Gasteiger partial charge in [0.2, 0.25) is 5.78 Å². The Hall–Kier alpha value is -0.380. The van der Waals surface area contributed by atoms with Crippen LogP contribution in [0.15, 0.2) is 11.4 Å². The van der Waals surface area contributed by atoms with Crippen LogP contribution in [0.25, 0.3) is 0 Å². The van der Waals surface area contributed by atoms with Crippen molar-refractivity contribution < 1.29 is 9.90 Å². The van der Waals surface area contributed by atoms with Crippen LogP contribution < -0.4 is 0 Å². The van der Waals surface area contributed by atoms with Gasteiger partial charge in [-0.05, 0) is 43.0 Å². The van der Waals surface area contributed by atoms with E-state index in [0.29, 0.717) is 28.7 Å². The molecule has 0 aliphatic heterocycles. The van der Waals surface area contributed by atoms with E-state index in [4.69, 9.17) is 11.6 Å². The molecule has 1 saturated carbocycles. The maximum Gasteiger partial charge on any atom is 0.205 e. The predicted molar refractivity (Wildman–Crippen MR) is 66.2 cm³/mol. The van der Waals surface area contributed by atoms with E-state index in [1.807, 2.05) is 0 Å². The van der Waals surface area contributed by atoms with Gasteiger partial charge in [0.15, 0.2) is 0 Å². The number of halogens is 1. The molecular weight excluding hydrogens is 244 g/mol. The van der Waals surface area contributed by atoms with Gasteiger partial charge in [0.25, 0.3) is 0 Å². The molecule has 0 spiro atoms. The van der Waals surface area contributed by atoms with E-state index in [1.54, 1.807) is 11.4 Å². The Balaban J connectivity index is 2.19. The van der Waals surface area contributed by atoms with Gasteiger partial charge in [-0.3, -0.25) is 4.79 Å². The highest BCUT2D eigenvalue weighted by atomic mass is 35.5. The molecule has 0 unspecified atom stereocenters. The van der Waals surface area contributed by atoms with Crippen molar-refractivity contribution in [2.75, 3.05) is 0 Å². The molecule has 0 atom stereocenters. The Morgan fingerprint density at radius 1 is 1.56 bits per heavy atom. The first kappa shape index (κ1) is 12.1. The van der Waals surface area contributed by atoms with Crippen molar-refractivity contribution in [3.8, 4) is 0 Å². The van der Waals surface area contributed by atoms with E-state index in [1.165, 1.54) is 11.3 Å². The van der Waals surface area contributed by atoms with Crippen LogP contribution in [0.2, 0.25) is 5.02 Å². The molecule has 0 aromatic carbocycles. The predicted octanol–water partition coefficient (Wildman–Crippen LogP) is 3.53. The van der Waals surface area contributed by atoms with Crippen LogP contribution in [-0.2, 0) is 0 Å². The van der Waals surface area contributed by atoms with Gasteiger partial charge in [-0.25, -0.2) is 0 Å². The Morgan fingerprint density at radius 3 is 2.69 bits per heavy atom. The minimum absolute atomic E-state index is 0.195. The summed E-state index contributed by atoms with van der Waals surface area (Å²) in [6.45, 7) is 2.15. The lowest BCUT2D eigenvalue weighted by molar-refractivity contribution is 0.00464. The summed E-state index contributed by atoms with van der Waals surface area (Å²) in [4.78, 5) is 12.7. The first-order chi connectivity index (χ1) is 7.53. The van der Waals surface area contributed by atoms with Crippen LogP contribution in [0.3, 0.4) is 0 Å². The highest BCUT2D eigenvalue weighted by molar-refractivity contribution is 7.12. The number of Topliss-reactive ketones (excluding diaryl/α,β-unsaturated/α-hetero) is 1. The van der Waals surface area contributed by atoms with Crippen LogP contribution in [0.4, 0.5) is 0 Å². The van der Waals surface area contributed by atoms with Crippen molar-refractivity contribution in [1.82, 2.24) is 0 Å². The van der Waals surface area contributed by atoms with Gasteiger partial charge in [0.05, 0.1) is 9.90 Å². The van der Waals surface area contributed by atoms with Crippen molar-refractivity contribution in [2.45, 2.75) is 38.2 Å². The first-order valence-electron chi connectivity index (χ1n) is 5.53. The Labute approximate surface area is 104 Å². The summed E-state index contributed by atoms with van der Waals surface area (Å²) in [7, 11) is 0. The summed E-state index contributed by atoms with van der Waals surface area (Å²) in [6.07, 6.45) is 2.93. The Kier molecular flexibility index (Phi) is 3.38. The Morgan fingerprint density at radius 2 is 2.19 bits per heavy atom. The smallest absolute Gasteiger partial charge is 0.205 e. The lowest BCUT2D eigenvalue weighted by Gasteiger charge is -2.33. The van der Waals surface area contributed by atoms with Crippen LogP contribution in [-0.4, -0.2) is 16.5 Å². The summed E-state index contributed by atoms with van der Waals surface area (Å²) in [5.74, 6) is 0.409. The average Bonchev–Trinajstić information content (AvgIpc) is 2.68. The van der Waals surface area contributed by atoms with Crippen molar-refractivity contribution in [1.29, 1.82) is 0 Å². The number of aliphatic hydroxyl groups is 1. The third-order valence-electron chi connectivity index (χ3n) is 3.35. The van der Waals surface area contributed by atoms with Crippen LogP contribution in [0, 0.1) is 5.92 Å². The standard InChI is InChI=1S/C12H15ClO2S/c1-8-2-5-12(15,6-3-8)11(14)10-9(13)4-7-16-10/h4,7-8,15H,2-3,5-6H2,1H3. The summed E-state index contributed by atoms with van der Waals surface area (Å²) in [6, 6.07) is 1.70. The second kappa shape index (κ2) is 4.47. The van der Waals surface area contributed by atoms with E-state index in [9.17, 15) is 9.90 Å². The third-order valence-corrected chi connectivity index (χ3v) is 4.69. The molecular formula is C12H15ClO2S. The Bertz CT molecular complexity index is 391. The zero-order chi connectivity index (χ0) is 11.8. The maximum atomic E-state index is 12.2. The van der Waals surface area contributed by atoms with E-state index in [0.717, 1.165) is 12.8 Å². The van der Waals surface area contributed by atoms with Crippen LogP contribution in [0.5, 0.6) is 0 Å². The fourth-order valence-electron chi connectivity index (χ4n) is 2.13. The topological polar surface area (TPSA) is 37.3 Å². The first-order valence-corrected chi connectivity index (χ1v) is 6.79. The van der Waals surface area contributed by atoms with Gasteiger partial charge >= 0.3 is 0 Å². The van der Waals surface area contributed by atoms with E-state index in [-0.39, 0.29) is 5.78 Å². The molecule has 0 amide bonds. The van der Waals surface area contributed by atoms with Gasteiger partial charge < -0.3 is 5.11 Å². The second-order valence-electron chi connectivity index (χ2n) is 4.64. The number of carbonyl (C=O) groups is 1. The van der Waals surface area contributed by atoms with Crippen molar-refractivity contribution in [2.24, 2.45) is 5.92 Å². The number of carbonyl (C=O) groups excluding carboxylic acids is 1. The van der Waals surface area contributed by atoms with Crippen LogP contribution in [0.1, 0.15) is 42.3 Å². The fourth-order valence-corrected chi connectivity index (χ4v) is 3.31. The van der Waals surface area contributed by atoms with E-state index < -0.39 is 5.60 Å². The maximum absolute atomic E-state index is 12.2. The van der Waals surface area contributed by atoms with Crippen molar-refractivity contribution >= 4 is 28.7 Å². The summed E-state index contributed by atoms with van der Waals surface area (Å²) in [5.41, 5.74) is -1.18. The number of thiophene rings is 1. The molecule has 4 heteroatoms. The minimum atomic E-state index is -1.18. The molecule has 16 heavy (non-hydrogen) atoms. The highest BCUT2D eigenvalue weighted by Gasteiger charge is 2.40. The van der Waals surface area contributed by atoms with Gasteiger partial charge in [-0.1, -0.05) is 18.5 Å².